The van der Waals surface area contributed by atoms with E-state index in [1.807, 2.05) is 13.0 Å². The first kappa shape index (κ1) is 11.8. The quantitative estimate of drug-likeness (QED) is 0.486. The minimum absolute atomic E-state index is 0.521. The number of ether oxygens (including phenoxy) is 1. The zero-order chi connectivity index (χ0) is 10.6. The van der Waals surface area contributed by atoms with Gasteiger partial charge in [0, 0.05) is 4.88 Å². The summed E-state index contributed by atoms with van der Waals surface area (Å²) in [6.45, 7) is 2.03. The molecule has 1 rings (SSSR count). The van der Waals surface area contributed by atoms with Crippen molar-refractivity contribution < 1.29 is 4.74 Å². The molecule has 0 aliphatic carbocycles. The smallest absolute Gasteiger partial charge is 0.203 e. The molecule has 6 heteroatoms. The van der Waals surface area contributed by atoms with Crippen molar-refractivity contribution in [3.05, 3.63) is 15.8 Å². The van der Waals surface area contributed by atoms with Gasteiger partial charge >= 0.3 is 0 Å². The van der Waals surface area contributed by atoms with Crippen molar-refractivity contribution in [2.45, 2.75) is 6.92 Å². The summed E-state index contributed by atoms with van der Waals surface area (Å²) in [6, 6.07) is 2.04. The topological polar surface area (TPSA) is 47.3 Å². The second kappa shape index (κ2) is 5.55. The maximum atomic E-state index is 5.34. The van der Waals surface area contributed by atoms with E-state index in [4.69, 9.17) is 22.1 Å². The Hall–Kier alpha value is -0.300. The van der Waals surface area contributed by atoms with Gasteiger partial charge in [-0.2, -0.15) is 0 Å². The Morgan fingerprint density at radius 3 is 3.07 bits per heavy atom. The van der Waals surface area contributed by atoms with Crippen LogP contribution in [-0.4, -0.2) is 18.0 Å². The van der Waals surface area contributed by atoms with E-state index < -0.39 is 0 Å². The molecule has 1 aromatic rings. The maximum absolute atomic E-state index is 5.34. The summed E-state index contributed by atoms with van der Waals surface area (Å²) in [6.07, 6.45) is 0. The van der Waals surface area contributed by atoms with Crippen LogP contribution in [0.5, 0.6) is 0 Å². The molecule has 0 aliphatic heterocycles. The van der Waals surface area contributed by atoms with Gasteiger partial charge in [-0.25, -0.2) is 0 Å². The lowest BCUT2D eigenvalue weighted by molar-refractivity contribution is 0.417. The Bertz CT molecular complexity index is 324. The molecule has 3 N–H and O–H groups in total. The van der Waals surface area contributed by atoms with Gasteiger partial charge in [0.05, 0.1) is 18.7 Å². The van der Waals surface area contributed by atoms with Crippen LogP contribution in [0.3, 0.4) is 0 Å². The van der Waals surface area contributed by atoms with E-state index in [1.165, 1.54) is 16.8 Å². The molecule has 1 aromatic heterocycles. The number of aryl methyl sites for hydroxylation is 1. The van der Waals surface area contributed by atoms with Crippen LogP contribution >= 0.6 is 35.5 Å². The van der Waals surface area contributed by atoms with Gasteiger partial charge in [0.1, 0.15) is 4.88 Å². The Labute approximate surface area is 97.2 Å². The Balaban J connectivity index is 2.85. The summed E-state index contributed by atoms with van der Waals surface area (Å²) >= 11 is 7.95. The molecule has 0 saturated carbocycles. The first-order chi connectivity index (χ1) is 6.69. The van der Waals surface area contributed by atoms with Gasteiger partial charge in [-0.1, -0.05) is 11.9 Å². The molecule has 0 fully saturated rings. The average molecular weight is 248 g/mol. The number of rotatable bonds is 4. The summed E-state index contributed by atoms with van der Waals surface area (Å²) in [5.74, 6) is 0.662. The maximum Gasteiger partial charge on any atom is 0.203 e. The van der Waals surface area contributed by atoms with Crippen LogP contribution in [0.4, 0.5) is 5.69 Å². The molecule has 3 nitrogen and oxygen atoms in total. The molecule has 0 amide bonds. The van der Waals surface area contributed by atoms with Crippen LogP contribution in [0.15, 0.2) is 6.07 Å². The molecule has 0 saturated heterocycles. The molecule has 0 aromatic carbocycles. The number of hydrogen-bond donors (Lipinski definition) is 2. The molecule has 0 unspecified atom stereocenters. The minimum Gasteiger partial charge on any atom is -0.486 e. The summed E-state index contributed by atoms with van der Waals surface area (Å²) in [5.41, 5.74) is 0.998. The largest absolute Gasteiger partial charge is 0.486 e. The molecule has 0 spiro atoms. The van der Waals surface area contributed by atoms with E-state index in [-0.39, 0.29) is 0 Å². The van der Waals surface area contributed by atoms with Crippen LogP contribution in [0.1, 0.15) is 9.75 Å². The van der Waals surface area contributed by atoms with Crippen LogP contribution in [0.25, 0.3) is 0 Å². The second-order valence-electron chi connectivity index (χ2n) is 2.58. The Morgan fingerprint density at radius 2 is 2.50 bits per heavy atom. The number of thiophene rings is 1. The van der Waals surface area contributed by atoms with Gasteiger partial charge in [-0.3, -0.25) is 5.14 Å². The third-order valence-corrected chi connectivity index (χ3v) is 3.43. The van der Waals surface area contributed by atoms with E-state index in [0.29, 0.717) is 10.9 Å². The Morgan fingerprint density at radius 1 is 1.79 bits per heavy atom. The molecular weight excluding hydrogens is 236 g/mol. The van der Waals surface area contributed by atoms with E-state index in [9.17, 15) is 0 Å². The fourth-order valence-electron chi connectivity index (χ4n) is 1.01. The highest BCUT2D eigenvalue weighted by Crippen LogP contribution is 2.27. The van der Waals surface area contributed by atoms with E-state index in [2.05, 4.69) is 5.32 Å². The first-order valence-corrected chi connectivity index (χ1v) is 6.20. The lowest BCUT2D eigenvalue weighted by atomic mass is 10.3. The molecule has 78 valence electrons. The highest BCUT2D eigenvalue weighted by atomic mass is 32.2. The van der Waals surface area contributed by atoms with Gasteiger partial charge in [0.25, 0.3) is 0 Å². The fraction of sp³-hybridized carbons (Fsp3) is 0.375. The van der Waals surface area contributed by atoms with E-state index in [1.54, 1.807) is 18.4 Å². The second-order valence-corrected chi connectivity index (χ2v) is 4.83. The summed E-state index contributed by atoms with van der Waals surface area (Å²) in [7, 11) is 1.58. The van der Waals surface area contributed by atoms with Gasteiger partial charge in [-0.15, -0.1) is 11.3 Å². The van der Waals surface area contributed by atoms with Crippen molar-refractivity contribution in [2.75, 3.05) is 18.3 Å². The fourth-order valence-corrected chi connectivity index (χ4v) is 2.39. The third-order valence-electron chi connectivity index (χ3n) is 1.57. The summed E-state index contributed by atoms with van der Waals surface area (Å²) in [4.78, 5) is 2.16. The number of nitrogens with one attached hydrogen (secondary N) is 1. The van der Waals surface area contributed by atoms with Crippen molar-refractivity contribution in [1.82, 2.24) is 0 Å². The number of hydrogen-bond acceptors (Lipinski definition) is 6. The number of anilines is 1. The summed E-state index contributed by atoms with van der Waals surface area (Å²) < 4.78 is 5.03. The SMILES string of the molecule is COC(=S)c1sc(C)cc1NCSN. The van der Waals surface area contributed by atoms with Gasteiger partial charge < -0.3 is 10.1 Å². The van der Waals surface area contributed by atoms with Crippen LogP contribution in [0, 0.1) is 6.92 Å². The normalized spacial score (nSPS) is 9.93. The molecule has 0 atom stereocenters. The predicted molar refractivity (Wildman–Crippen MR) is 68.0 cm³/mol. The molecule has 0 bridgehead atoms. The highest BCUT2D eigenvalue weighted by molar-refractivity contribution is 7.97. The number of nitrogens with two attached hydrogens (primary N) is 1. The third kappa shape index (κ3) is 2.84. The van der Waals surface area contributed by atoms with Crippen LogP contribution < -0.4 is 10.5 Å². The standard InChI is InChI=1S/C8H12N2OS3/c1-5-3-6(10-4-13-9)7(14-5)8(12)11-2/h3,10H,4,9H2,1-2H3. The van der Waals surface area contributed by atoms with Gasteiger partial charge in [0.15, 0.2) is 0 Å². The van der Waals surface area contributed by atoms with Crippen molar-refractivity contribution in [3.8, 4) is 0 Å². The van der Waals surface area contributed by atoms with Crippen molar-refractivity contribution in [2.24, 2.45) is 5.14 Å². The van der Waals surface area contributed by atoms with Crippen molar-refractivity contribution in [1.29, 1.82) is 0 Å². The van der Waals surface area contributed by atoms with E-state index >= 15 is 0 Å². The van der Waals surface area contributed by atoms with E-state index in [0.717, 1.165) is 10.6 Å². The molecule has 1 heterocycles. The van der Waals surface area contributed by atoms with Crippen molar-refractivity contribution >= 4 is 46.2 Å². The Kier molecular flexibility index (Phi) is 4.67. The lowest BCUT2D eigenvalue weighted by Gasteiger charge is -2.05. The predicted octanol–water partition coefficient (Wildman–Crippen LogP) is 2.35. The highest BCUT2D eigenvalue weighted by Gasteiger charge is 2.11. The molecule has 0 aliphatic rings. The average Bonchev–Trinajstić information content (AvgIpc) is 2.55. The molecule has 14 heavy (non-hydrogen) atoms. The monoisotopic (exact) mass is 248 g/mol. The number of methoxy groups -OCH3 is 1. The van der Waals surface area contributed by atoms with Crippen LogP contribution in [0.2, 0.25) is 0 Å². The lowest BCUT2D eigenvalue weighted by Crippen LogP contribution is -2.04. The zero-order valence-corrected chi connectivity index (χ0v) is 10.4. The van der Waals surface area contributed by atoms with Crippen molar-refractivity contribution in [3.63, 3.8) is 0 Å². The zero-order valence-electron chi connectivity index (χ0n) is 7.99. The number of thiocarbonyl (C=S) groups is 1. The van der Waals surface area contributed by atoms with Gasteiger partial charge in [-0.05, 0) is 25.2 Å². The molecular formula is C8H12N2OS3. The summed E-state index contributed by atoms with van der Waals surface area (Å²) in [5, 5.41) is 9.04. The molecule has 0 radical (unpaired) electrons. The minimum atomic E-state index is 0.521. The first-order valence-electron chi connectivity index (χ1n) is 3.93. The van der Waals surface area contributed by atoms with Crippen LogP contribution in [-0.2, 0) is 4.74 Å². The van der Waals surface area contributed by atoms with Gasteiger partial charge in [0.2, 0.25) is 5.05 Å².